The SMILES string of the molecule is COc1cccc(C#N)c1C1CN(CCO)C1. The average Bonchev–Trinajstić information content (AvgIpc) is 2.32. The highest BCUT2D eigenvalue weighted by molar-refractivity contribution is 5.49. The van der Waals surface area contributed by atoms with Crippen molar-refractivity contribution in [2.75, 3.05) is 33.4 Å². The molecule has 0 radical (unpaired) electrons. The predicted octanol–water partition coefficient (Wildman–Crippen LogP) is 0.958. The molecular formula is C13H16N2O2. The molecule has 1 aromatic carbocycles. The van der Waals surface area contributed by atoms with E-state index < -0.39 is 0 Å². The molecule has 2 rings (SSSR count). The Bertz CT molecular complexity index is 434. The van der Waals surface area contributed by atoms with Crippen LogP contribution in [-0.2, 0) is 0 Å². The second-order valence-electron chi connectivity index (χ2n) is 4.21. The van der Waals surface area contributed by atoms with Gasteiger partial charge in [0.1, 0.15) is 5.75 Å². The summed E-state index contributed by atoms with van der Waals surface area (Å²) in [6.45, 7) is 2.66. The van der Waals surface area contributed by atoms with Gasteiger partial charge in [0.05, 0.1) is 25.3 Å². The number of hydrogen-bond donors (Lipinski definition) is 1. The van der Waals surface area contributed by atoms with Crippen LogP contribution in [0.25, 0.3) is 0 Å². The Morgan fingerprint density at radius 2 is 2.29 bits per heavy atom. The van der Waals surface area contributed by atoms with Crippen LogP contribution in [0, 0.1) is 11.3 Å². The number of nitrogens with zero attached hydrogens (tertiary/aromatic N) is 2. The zero-order valence-electron chi connectivity index (χ0n) is 9.89. The molecule has 1 N–H and O–H groups in total. The van der Waals surface area contributed by atoms with Gasteiger partial charge in [0.15, 0.2) is 0 Å². The summed E-state index contributed by atoms with van der Waals surface area (Å²) in [6.07, 6.45) is 0. The van der Waals surface area contributed by atoms with Crippen molar-refractivity contribution in [1.82, 2.24) is 4.90 Å². The maximum atomic E-state index is 9.12. The van der Waals surface area contributed by atoms with Gasteiger partial charge in [-0.1, -0.05) is 6.07 Å². The molecular weight excluding hydrogens is 216 g/mol. The highest BCUT2D eigenvalue weighted by Gasteiger charge is 2.31. The van der Waals surface area contributed by atoms with Gasteiger partial charge in [-0.15, -0.1) is 0 Å². The van der Waals surface area contributed by atoms with Crippen LogP contribution in [0.4, 0.5) is 0 Å². The van der Waals surface area contributed by atoms with Crippen LogP contribution in [0.15, 0.2) is 18.2 Å². The largest absolute Gasteiger partial charge is 0.496 e. The molecule has 0 aromatic heterocycles. The first-order valence-corrected chi connectivity index (χ1v) is 5.70. The van der Waals surface area contributed by atoms with Gasteiger partial charge in [-0.05, 0) is 12.1 Å². The van der Waals surface area contributed by atoms with Crippen molar-refractivity contribution < 1.29 is 9.84 Å². The third-order valence-corrected chi connectivity index (χ3v) is 3.19. The molecule has 90 valence electrons. The van der Waals surface area contributed by atoms with Crippen LogP contribution in [0.1, 0.15) is 17.0 Å². The van der Waals surface area contributed by atoms with Crippen molar-refractivity contribution in [3.8, 4) is 11.8 Å². The summed E-state index contributed by atoms with van der Waals surface area (Å²) < 4.78 is 5.32. The van der Waals surface area contributed by atoms with Crippen LogP contribution in [0.2, 0.25) is 0 Å². The number of methoxy groups -OCH3 is 1. The summed E-state index contributed by atoms with van der Waals surface area (Å²) in [5, 5.41) is 18.0. The fourth-order valence-electron chi connectivity index (χ4n) is 2.32. The van der Waals surface area contributed by atoms with Crippen LogP contribution in [0.5, 0.6) is 5.75 Å². The number of β-amino-alcohol motifs (C(OH)–C–C–N with tert-alkyl or cyclic N) is 1. The van der Waals surface area contributed by atoms with Gasteiger partial charge in [0, 0.05) is 31.1 Å². The quantitative estimate of drug-likeness (QED) is 0.840. The van der Waals surface area contributed by atoms with Gasteiger partial charge in [-0.3, -0.25) is 4.90 Å². The molecule has 1 aromatic rings. The number of nitriles is 1. The maximum Gasteiger partial charge on any atom is 0.123 e. The number of benzene rings is 1. The van der Waals surface area contributed by atoms with Gasteiger partial charge in [0.2, 0.25) is 0 Å². The number of ether oxygens (including phenoxy) is 1. The van der Waals surface area contributed by atoms with E-state index in [0.717, 1.165) is 24.4 Å². The lowest BCUT2D eigenvalue weighted by atomic mass is 9.87. The van der Waals surface area contributed by atoms with E-state index in [9.17, 15) is 0 Å². The summed E-state index contributed by atoms with van der Waals surface area (Å²) in [4.78, 5) is 2.16. The van der Waals surface area contributed by atoms with E-state index in [-0.39, 0.29) is 6.61 Å². The van der Waals surface area contributed by atoms with Gasteiger partial charge in [-0.2, -0.15) is 5.26 Å². The summed E-state index contributed by atoms with van der Waals surface area (Å²) in [5.41, 5.74) is 1.70. The molecule has 0 amide bonds. The highest BCUT2D eigenvalue weighted by Crippen LogP contribution is 2.35. The van der Waals surface area contributed by atoms with Gasteiger partial charge in [0.25, 0.3) is 0 Å². The molecule has 0 spiro atoms. The van der Waals surface area contributed by atoms with Crippen molar-refractivity contribution >= 4 is 0 Å². The molecule has 1 aliphatic heterocycles. The van der Waals surface area contributed by atoms with Crippen molar-refractivity contribution in [2.45, 2.75) is 5.92 Å². The Morgan fingerprint density at radius 1 is 1.53 bits per heavy atom. The first-order chi connectivity index (χ1) is 8.30. The minimum absolute atomic E-state index is 0.184. The van der Waals surface area contributed by atoms with Crippen molar-refractivity contribution in [3.05, 3.63) is 29.3 Å². The molecule has 0 unspecified atom stereocenters. The molecule has 1 fully saturated rings. The van der Waals surface area contributed by atoms with Crippen LogP contribution < -0.4 is 4.74 Å². The fraction of sp³-hybridized carbons (Fsp3) is 0.462. The average molecular weight is 232 g/mol. The number of aliphatic hydroxyl groups excluding tert-OH is 1. The standard InChI is InChI=1S/C13H16N2O2/c1-17-12-4-2-3-10(7-14)13(12)11-8-15(9-11)5-6-16/h2-4,11,16H,5-6,8-9H2,1H3. The third-order valence-electron chi connectivity index (χ3n) is 3.19. The minimum atomic E-state index is 0.184. The molecule has 1 aliphatic rings. The lowest BCUT2D eigenvalue weighted by molar-refractivity contribution is 0.114. The van der Waals surface area contributed by atoms with Crippen LogP contribution in [0.3, 0.4) is 0 Å². The Balaban J connectivity index is 2.19. The van der Waals surface area contributed by atoms with Crippen molar-refractivity contribution in [2.24, 2.45) is 0 Å². The number of likely N-dealkylation sites (tertiary alicyclic amines) is 1. The monoisotopic (exact) mass is 232 g/mol. The Morgan fingerprint density at radius 3 is 2.88 bits per heavy atom. The van der Waals surface area contributed by atoms with E-state index >= 15 is 0 Å². The summed E-state index contributed by atoms with van der Waals surface area (Å²) >= 11 is 0. The maximum absolute atomic E-state index is 9.12. The van der Waals surface area contributed by atoms with Gasteiger partial charge in [-0.25, -0.2) is 0 Å². The Hall–Kier alpha value is -1.57. The van der Waals surface area contributed by atoms with Gasteiger partial charge < -0.3 is 9.84 Å². The van der Waals surface area contributed by atoms with E-state index in [1.165, 1.54) is 0 Å². The second-order valence-corrected chi connectivity index (χ2v) is 4.21. The lowest BCUT2D eigenvalue weighted by Crippen LogP contribution is -2.46. The summed E-state index contributed by atoms with van der Waals surface area (Å²) in [6, 6.07) is 7.78. The lowest BCUT2D eigenvalue weighted by Gasteiger charge is -2.39. The highest BCUT2D eigenvalue weighted by atomic mass is 16.5. The van der Waals surface area contributed by atoms with E-state index in [1.54, 1.807) is 7.11 Å². The topological polar surface area (TPSA) is 56.5 Å². The minimum Gasteiger partial charge on any atom is -0.496 e. The number of hydrogen-bond acceptors (Lipinski definition) is 4. The third kappa shape index (κ3) is 2.26. The first kappa shape index (κ1) is 11.9. The smallest absolute Gasteiger partial charge is 0.123 e. The van der Waals surface area contributed by atoms with E-state index in [0.29, 0.717) is 18.0 Å². The molecule has 17 heavy (non-hydrogen) atoms. The molecule has 1 saturated heterocycles. The molecule has 0 atom stereocenters. The zero-order valence-corrected chi connectivity index (χ0v) is 9.89. The molecule has 0 bridgehead atoms. The summed E-state index contributed by atoms with van der Waals surface area (Å²) in [7, 11) is 1.63. The number of rotatable bonds is 4. The zero-order chi connectivity index (χ0) is 12.3. The first-order valence-electron chi connectivity index (χ1n) is 5.70. The Kier molecular flexibility index (Phi) is 3.62. The molecule has 0 saturated carbocycles. The van der Waals surface area contributed by atoms with E-state index in [4.69, 9.17) is 15.1 Å². The van der Waals surface area contributed by atoms with Crippen LogP contribution in [-0.4, -0.2) is 43.4 Å². The van der Waals surface area contributed by atoms with E-state index in [1.807, 2.05) is 18.2 Å². The van der Waals surface area contributed by atoms with Crippen LogP contribution >= 0.6 is 0 Å². The van der Waals surface area contributed by atoms with E-state index in [2.05, 4.69) is 11.0 Å². The Labute approximate surface area is 101 Å². The molecule has 4 heteroatoms. The van der Waals surface area contributed by atoms with Gasteiger partial charge >= 0.3 is 0 Å². The predicted molar refractivity (Wildman–Crippen MR) is 64.0 cm³/mol. The molecule has 1 heterocycles. The second kappa shape index (κ2) is 5.17. The normalized spacial score (nSPS) is 16.3. The van der Waals surface area contributed by atoms with Crippen molar-refractivity contribution in [1.29, 1.82) is 5.26 Å². The van der Waals surface area contributed by atoms with Crippen molar-refractivity contribution in [3.63, 3.8) is 0 Å². The fourth-order valence-corrected chi connectivity index (χ4v) is 2.32. The number of aliphatic hydroxyl groups is 1. The molecule has 4 nitrogen and oxygen atoms in total. The molecule has 0 aliphatic carbocycles. The summed E-state index contributed by atoms with van der Waals surface area (Å²) in [5.74, 6) is 1.13.